The Kier molecular flexibility index (Phi) is 5.86. The number of nitrogens with one attached hydrogen (secondary N) is 1. The SMILES string of the molecule is COCCCNc1nc(C)cn1C(C)CN1CCCC1. The topological polar surface area (TPSA) is 42.3 Å². The zero-order valence-electron chi connectivity index (χ0n) is 13.1. The van der Waals surface area contributed by atoms with Crippen LogP contribution in [0.4, 0.5) is 5.95 Å². The summed E-state index contributed by atoms with van der Waals surface area (Å²) >= 11 is 0. The van der Waals surface area contributed by atoms with E-state index in [1.165, 1.54) is 25.9 Å². The van der Waals surface area contributed by atoms with Crippen molar-refractivity contribution in [2.75, 3.05) is 45.2 Å². The van der Waals surface area contributed by atoms with Gasteiger partial charge in [0, 0.05) is 39.0 Å². The molecule has 1 aromatic rings. The molecule has 0 bridgehead atoms. The predicted molar refractivity (Wildman–Crippen MR) is 82.3 cm³/mol. The van der Waals surface area contributed by atoms with E-state index in [2.05, 4.69) is 39.8 Å². The normalized spacial score (nSPS) is 17.6. The van der Waals surface area contributed by atoms with Gasteiger partial charge in [-0.3, -0.25) is 0 Å². The van der Waals surface area contributed by atoms with E-state index in [0.717, 1.165) is 37.8 Å². The molecule has 20 heavy (non-hydrogen) atoms. The molecule has 1 N–H and O–H groups in total. The Morgan fingerprint density at radius 3 is 2.85 bits per heavy atom. The monoisotopic (exact) mass is 280 g/mol. The maximum Gasteiger partial charge on any atom is 0.203 e. The fraction of sp³-hybridized carbons (Fsp3) is 0.800. The first-order valence-electron chi connectivity index (χ1n) is 7.71. The molecule has 0 radical (unpaired) electrons. The number of rotatable bonds is 8. The molecule has 5 heteroatoms. The number of aromatic nitrogens is 2. The number of anilines is 1. The van der Waals surface area contributed by atoms with Gasteiger partial charge >= 0.3 is 0 Å². The van der Waals surface area contributed by atoms with Crippen molar-refractivity contribution >= 4 is 5.95 Å². The van der Waals surface area contributed by atoms with Crippen molar-refractivity contribution in [3.05, 3.63) is 11.9 Å². The van der Waals surface area contributed by atoms with Gasteiger partial charge in [0.1, 0.15) is 0 Å². The minimum atomic E-state index is 0.458. The zero-order valence-corrected chi connectivity index (χ0v) is 13.1. The zero-order chi connectivity index (χ0) is 14.4. The van der Waals surface area contributed by atoms with Crippen molar-refractivity contribution in [1.82, 2.24) is 14.5 Å². The van der Waals surface area contributed by atoms with Gasteiger partial charge in [-0.05, 0) is 46.2 Å². The fourth-order valence-corrected chi connectivity index (χ4v) is 2.83. The van der Waals surface area contributed by atoms with Crippen LogP contribution in [-0.4, -0.2) is 54.3 Å². The standard InChI is InChI=1S/C15H28N4O/c1-13-11-19(14(2)12-18-8-4-5-9-18)15(17-13)16-7-6-10-20-3/h11,14H,4-10,12H2,1-3H3,(H,16,17). The van der Waals surface area contributed by atoms with Crippen molar-refractivity contribution in [2.45, 2.75) is 39.2 Å². The van der Waals surface area contributed by atoms with Crippen LogP contribution >= 0.6 is 0 Å². The first-order chi connectivity index (χ1) is 9.70. The quantitative estimate of drug-likeness (QED) is 0.742. The molecule has 1 fully saturated rings. The third-order valence-corrected chi connectivity index (χ3v) is 3.86. The van der Waals surface area contributed by atoms with Crippen molar-refractivity contribution in [1.29, 1.82) is 0 Å². The summed E-state index contributed by atoms with van der Waals surface area (Å²) in [6.45, 7) is 9.63. The van der Waals surface area contributed by atoms with Crippen LogP contribution in [0, 0.1) is 6.92 Å². The van der Waals surface area contributed by atoms with Crippen molar-refractivity contribution in [3.8, 4) is 0 Å². The second-order valence-electron chi connectivity index (χ2n) is 5.74. The first kappa shape index (κ1) is 15.3. The molecule has 0 spiro atoms. The molecule has 5 nitrogen and oxygen atoms in total. The Bertz CT molecular complexity index is 399. The van der Waals surface area contributed by atoms with Gasteiger partial charge in [-0.25, -0.2) is 4.98 Å². The highest BCUT2D eigenvalue weighted by atomic mass is 16.5. The van der Waals surface area contributed by atoms with Crippen LogP contribution in [0.2, 0.25) is 0 Å². The molecule has 1 saturated heterocycles. The van der Waals surface area contributed by atoms with Crippen LogP contribution in [0.5, 0.6) is 0 Å². The van der Waals surface area contributed by atoms with Crippen molar-refractivity contribution in [2.24, 2.45) is 0 Å². The number of methoxy groups -OCH3 is 1. The summed E-state index contributed by atoms with van der Waals surface area (Å²) in [5, 5.41) is 3.43. The molecule has 0 aliphatic carbocycles. The highest BCUT2D eigenvalue weighted by Gasteiger charge is 2.17. The van der Waals surface area contributed by atoms with Gasteiger partial charge in [0.15, 0.2) is 0 Å². The number of ether oxygens (including phenoxy) is 1. The highest BCUT2D eigenvalue weighted by molar-refractivity contribution is 5.29. The van der Waals surface area contributed by atoms with Gasteiger partial charge in [0.05, 0.1) is 5.69 Å². The number of hydrogen-bond acceptors (Lipinski definition) is 4. The maximum absolute atomic E-state index is 5.08. The Balaban J connectivity index is 1.91. The number of aryl methyl sites for hydroxylation is 1. The van der Waals surface area contributed by atoms with Gasteiger partial charge in [-0.1, -0.05) is 0 Å². The van der Waals surface area contributed by atoms with Crippen LogP contribution in [0.25, 0.3) is 0 Å². The number of imidazole rings is 1. The van der Waals surface area contributed by atoms with Gasteiger partial charge in [0.25, 0.3) is 0 Å². The largest absolute Gasteiger partial charge is 0.385 e. The van der Waals surface area contributed by atoms with Crippen LogP contribution < -0.4 is 5.32 Å². The Morgan fingerprint density at radius 2 is 2.15 bits per heavy atom. The minimum Gasteiger partial charge on any atom is -0.385 e. The lowest BCUT2D eigenvalue weighted by atomic mass is 10.3. The van der Waals surface area contributed by atoms with Crippen molar-refractivity contribution < 1.29 is 4.74 Å². The van der Waals surface area contributed by atoms with Gasteiger partial charge in [-0.2, -0.15) is 0 Å². The lowest BCUT2D eigenvalue weighted by Crippen LogP contribution is -2.27. The van der Waals surface area contributed by atoms with Gasteiger partial charge in [0.2, 0.25) is 5.95 Å². The summed E-state index contributed by atoms with van der Waals surface area (Å²) in [5.41, 5.74) is 1.08. The van der Waals surface area contributed by atoms with E-state index in [9.17, 15) is 0 Å². The molecule has 1 aliphatic rings. The average molecular weight is 280 g/mol. The molecular formula is C15H28N4O. The predicted octanol–water partition coefficient (Wildman–Crippen LogP) is 2.30. The first-order valence-corrected chi connectivity index (χ1v) is 7.71. The highest BCUT2D eigenvalue weighted by Crippen LogP contribution is 2.19. The Hall–Kier alpha value is -1.07. The van der Waals surface area contributed by atoms with Crippen molar-refractivity contribution in [3.63, 3.8) is 0 Å². The van der Waals surface area contributed by atoms with E-state index >= 15 is 0 Å². The maximum atomic E-state index is 5.08. The summed E-state index contributed by atoms with van der Waals surface area (Å²) in [6.07, 6.45) is 5.85. The molecule has 1 unspecified atom stereocenters. The average Bonchev–Trinajstić information content (AvgIpc) is 3.04. The van der Waals surface area contributed by atoms with E-state index < -0.39 is 0 Å². The summed E-state index contributed by atoms with van der Waals surface area (Å²) < 4.78 is 7.36. The molecule has 1 aliphatic heterocycles. The summed E-state index contributed by atoms with van der Waals surface area (Å²) in [7, 11) is 1.74. The Labute approximate surface area is 122 Å². The minimum absolute atomic E-state index is 0.458. The molecule has 0 amide bonds. The van der Waals surface area contributed by atoms with Gasteiger partial charge in [-0.15, -0.1) is 0 Å². The van der Waals surface area contributed by atoms with Gasteiger partial charge < -0.3 is 19.5 Å². The molecule has 1 aromatic heterocycles. The van der Waals surface area contributed by atoms with E-state index in [-0.39, 0.29) is 0 Å². The molecule has 114 valence electrons. The lowest BCUT2D eigenvalue weighted by molar-refractivity contribution is 0.197. The number of likely N-dealkylation sites (tertiary alicyclic amines) is 1. The smallest absolute Gasteiger partial charge is 0.203 e. The lowest BCUT2D eigenvalue weighted by Gasteiger charge is -2.23. The Morgan fingerprint density at radius 1 is 1.40 bits per heavy atom. The van der Waals surface area contributed by atoms with E-state index in [0.29, 0.717) is 6.04 Å². The van der Waals surface area contributed by atoms with Crippen LogP contribution in [0.3, 0.4) is 0 Å². The van der Waals surface area contributed by atoms with Crippen LogP contribution in [-0.2, 0) is 4.74 Å². The molecular weight excluding hydrogens is 252 g/mol. The summed E-state index contributed by atoms with van der Waals surface area (Å²) in [4.78, 5) is 7.15. The number of hydrogen-bond donors (Lipinski definition) is 1. The van der Waals surface area contributed by atoms with E-state index in [4.69, 9.17) is 4.74 Å². The number of nitrogens with zero attached hydrogens (tertiary/aromatic N) is 3. The second kappa shape index (κ2) is 7.64. The van der Waals surface area contributed by atoms with E-state index in [1.54, 1.807) is 7.11 Å². The molecule has 2 heterocycles. The summed E-state index contributed by atoms with van der Waals surface area (Å²) in [6, 6.07) is 0.458. The third kappa shape index (κ3) is 4.21. The van der Waals surface area contributed by atoms with Crippen LogP contribution in [0.1, 0.15) is 37.9 Å². The third-order valence-electron chi connectivity index (χ3n) is 3.86. The van der Waals surface area contributed by atoms with Crippen LogP contribution in [0.15, 0.2) is 6.20 Å². The molecule has 0 aromatic carbocycles. The fourth-order valence-electron chi connectivity index (χ4n) is 2.83. The molecule has 0 saturated carbocycles. The summed E-state index contributed by atoms with van der Waals surface area (Å²) in [5.74, 6) is 0.991. The second-order valence-corrected chi connectivity index (χ2v) is 5.74. The molecule has 2 rings (SSSR count). The molecule has 1 atom stereocenters. The van der Waals surface area contributed by atoms with E-state index in [1.807, 2.05) is 0 Å².